The number of hydrogen-bond donors (Lipinski definition) is 1. The van der Waals surface area contributed by atoms with E-state index in [0.29, 0.717) is 18.4 Å². The summed E-state index contributed by atoms with van der Waals surface area (Å²) in [6.07, 6.45) is 6.43. The molecule has 0 saturated heterocycles. The highest BCUT2D eigenvalue weighted by Gasteiger charge is 2.37. The van der Waals surface area contributed by atoms with Crippen molar-refractivity contribution in [2.75, 3.05) is 0 Å². The first-order valence-electron chi connectivity index (χ1n) is 9.92. The number of carbonyl (C=O) groups excluding carboxylic acids is 1. The van der Waals surface area contributed by atoms with Crippen LogP contribution in [-0.2, 0) is 6.54 Å². The van der Waals surface area contributed by atoms with E-state index in [4.69, 9.17) is 0 Å². The average molecular weight is 349 g/mol. The van der Waals surface area contributed by atoms with Gasteiger partial charge in [0.25, 0.3) is 0 Å². The van der Waals surface area contributed by atoms with Crippen LogP contribution in [0.15, 0.2) is 42.5 Å². The molecule has 0 unspecified atom stereocenters. The molecule has 0 bridgehead atoms. The third-order valence-corrected chi connectivity index (χ3v) is 5.87. The molecule has 2 aromatic carbocycles. The maximum absolute atomic E-state index is 13.0. The van der Waals surface area contributed by atoms with E-state index in [2.05, 4.69) is 41.8 Å². The van der Waals surface area contributed by atoms with Crippen LogP contribution in [0.25, 0.3) is 21.8 Å². The molecule has 0 aliphatic heterocycles. The summed E-state index contributed by atoms with van der Waals surface area (Å²) in [6, 6.07) is 14.4. The summed E-state index contributed by atoms with van der Waals surface area (Å²) in [4.78, 5) is 13.0. The number of rotatable bonds is 5. The fraction of sp³-hybridized carbons (Fsp3) is 0.435. The molecule has 1 heterocycles. The molecule has 1 aliphatic rings. The van der Waals surface area contributed by atoms with Gasteiger partial charge < -0.3 is 9.67 Å². The molecule has 1 saturated carbocycles. The number of para-hydroxylation sites is 1. The molecule has 1 N–H and O–H groups in total. The summed E-state index contributed by atoms with van der Waals surface area (Å²) in [5, 5.41) is 13.1. The molecule has 136 valence electrons. The van der Waals surface area contributed by atoms with Gasteiger partial charge in [0.1, 0.15) is 5.60 Å². The number of ketones is 1. The normalized spacial score (nSPS) is 17.0. The Balaban J connectivity index is 1.82. The van der Waals surface area contributed by atoms with Crippen molar-refractivity contribution >= 4 is 27.6 Å². The van der Waals surface area contributed by atoms with Crippen LogP contribution < -0.4 is 0 Å². The van der Waals surface area contributed by atoms with Crippen LogP contribution in [0.2, 0.25) is 0 Å². The highest BCUT2D eigenvalue weighted by Crippen LogP contribution is 2.34. The van der Waals surface area contributed by atoms with Gasteiger partial charge in [0, 0.05) is 33.9 Å². The van der Waals surface area contributed by atoms with Gasteiger partial charge in [-0.25, -0.2) is 0 Å². The van der Waals surface area contributed by atoms with Gasteiger partial charge in [-0.2, -0.15) is 0 Å². The Labute approximate surface area is 154 Å². The SMILES string of the molecule is CCCCn1c2ccccc2c2cc(C(=O)C3(O)CCCCC3)ccc21. The van der Waals surface area contributed by atoms with Gasteiger partial charge in [0.2, 0.25) is 0 Å². The predicted molar refractivity (Wildman–Crippen MR) is 107 cm³/mol. The number of benzene rings is 2. The third kappa shape index (κ3) is 2.84. The number of aliphatic hydroxyl groups is 1. The maximum Gasteiger partial charge on any atom is 0.194 e. The zero-order valence-corrected chi connectivity index (χ0v) is 15.5. The lowest BCUT2D eigenvalue weighted by Crippen LogP contribution is -2.40. The summed E-state index contributed by atoms with van der Waals surface area (Å²) in [6.45, 7) is 3.19. The number of aromatic nitrogens is 1. The molecule has 4 rings (SSSR count). The molecule has 1 aliphatic carbocycles. The average Bonchev–Trinajstić information content (AvgIpc) is 2.99. The third-order valence-electron chi connectivity index (χ3n) is 5.87. The van der Waals surface area contributed by atoms with E-state index in [1.54, 1.807) is 0 Å². The first-order valence-corrected chi connectivity index (χ1v) is 9.92. The molecule has 1 aromatic heterocycles. The van der Waals surface area contributed by atoms with E-state index >= 15 is 0 Å². The van der Waals surface area contributed by atoms with Crippen molar-refractivity contribution in [2.45, 2.75) is 64.0 Å². The van der Waals surface area contributed by atoms with Crippen LogP contribution in [0.4, 0.5) is 0 Å². The Kier molecular flexibility index (Phi) is 4.58. The monoisotopic (exact) mass is 349 g/mol. The maximum atomic E-state index is 13.0. The number of hydrogen-bond acceptors (Lipinski definition) is 2. The second-order valence-electron chi connectivity index (χ2n) is 7.68. The summed E-state index contributed by atoms with van der Waals surface area (Å²) in [5.41, 5.74) is 1.86. The number of Topliss-reactive ketones (excluding diaryl/α,β-unsaturated/α-hetero) is 1. The lowest BCUT2D eigenvalue weighted by Gasteiger charge is -2.30. The smallest absolute Gasteiger partial charge is 0.194 e. The van der Waals surface area contributed by atoms with Crippen LogP contribution >= 0.6 is 0 Å². The Morgan fingerprint density at radius 2 is 1.77 bits per heavy atom. The predicted octanol–water partition coefficient (Wildman–Crippen LogP) is 5.47. The highest BCUT2D eigenvalue weighted by atomic mass is 16.3. The minimum atomic E-state index is -1.17. The minimum Gasteiger partial charge on any atom is -0.382 e. The zero-order chi connectivity index (χ0) is 18.1. The zero-order valence-electron chi connectivity index (χ0n) is 15.5. The van der Waals surface area contributed by atoms with Crippen LogP contribution in [0.5, 0.6) is 0 Å². The van der Waals surface area contributed by atoms with Gasteiger partial charge in [-0.3, -0.25) is 4.79 Å². The quantitative estimate of drug-likeness (QED) is 0.620. The summed E-state index contributed by atoms with van der Waals surface area (Å²) < 4.78 is 2.36. The molecule has 3 nitrogen and oxygen atoms in total. The molecule has 3 heteroatoms. The number of nitrogens with zero attached hydrogens (tertiary/aromatic N) is 1. The van der Waals surface area contributed by atoms with Gasteiger partial charge in [-0.15, -0.1) is 0 Å². The Morgan fingerprint density at radius 1 is 1.04 bits per heavy atom. The van der Waals surface area contributed by atoms with E-state index in [9.17, 15) is 9.90 Å². The largest absolute Gasteiger partial charge is 0.382 e. The summed E-state index contributed by atoms with van der Waals surface area (Å²) >= 11 is 0. The number of aryl methyl sites for hydroxylation is 1. The Bertz CT molecular complexity index is 947. The fourth-order valence-electron chi connectivity index (χ4n) is 4.38. The molecule has 0 atom stereocenters. The van der Waals surface area contributed by atoms with E-state index < -0.39 is 5.60 Å². The van der Waals surface area contributed by atoms with Gasteiger partial charge in [-0.1, -0.05) is 50.8 Å². The molecule has 0 amide bonds. The van der Waals surface area contributed by atoms with Crippen molar-refractivity contribution in [3.05, 3.63) is 48.0 Å². The van der Waals surface area contributed by atoms with Gasteiger partial charge in [0.15, 0.2) is 5.78 Å². The van der Waals surface area contributed by atoms with Gasteiger partial charge in [0.05, 0.1) is 0 Å². The van der Waals surface area contributed by atoms with Crippen molar-refractivity contribution in [3.8, 4) is 0 Å². The highest BCUT2D eigenvalue weighted by molar-refractivity contribution is 6.12. The number of fused-ring (bicyclic) bond motifs is 3. The first kappa shape index (κ1) is 17.3. The van der Waals surface area contributed by atoms with Crippen molar-refractivity contribution < 1.29 is 9.90 Å². The first-order chi connectivity index (χ1) is 12.6. The Hall–Kier alpha value is -2.13. The van der Waals surface area contributed by atoms with Crippen molar-refractivity contribution in [3.63, 3.8) is 0 Å². The van der Waals surface area contributed by atoms with Crippen LogP contribution in [0.3, 0.4) is 0 Å². The van der Waals surface area contributed by atoms with E-state index in [0.717, 1.165) is 44.0 Å². The standard InChI is InChI=1S/C23H27NO2/c1-2-3-15-24-20-10-6-5-9-18(20)19-16-17(11-12-21(19)24)22(25)23(26)13-7-4-8-14-23/h5-6,9-12,16,26H,2-4,7-8,13-15H2,1H3. The second kappa shape index (κ2) is 6.88. The fourth-order valence-corrected chi connectivity index (χ4v) is 4.38. The number of carbonyl (C=O) groups is 1. The van der Waals surface area contributed by atoms with Crippen LogP contribution in [0.1, 0.15) is 62.2 Å². The van der Waals surface area contributed by atoms with Gasteiger partial charge in [-0.05, 0) is 43.5 Å². The lowest BCUT2D eigenvalue weighted by molar-refractivity contribution is 0.0116. The molecule has 26 heavy (non-hydrogen) atoms. The van der Waals surface area contributed by atoms with Crippen molar-refractivity contribution in [1.82, 2.24) is 4.57 Å². The van der Waals surface area contributed by atoms with E-state index in [1.807, 2.05) is 12.1 Å². The van der Waals surface area contributed by atoms with E-state index in [-0.39, 0.29) is 5.78 Å². The second-order valence-corrected chi connectivity index (χ2v) is 7.68. The van der Waals surface area contributed by atoms with Gasteiger partial charge >= 0.3 is 0 Å². The molecular weight excluding hydrogens is 322 g/mol. The molecule has 0 spiro atoms. The molecule has 1 fully saturated rings. The van der Waals surface area contributed by atoms with Crippen molar-refractivity contribution in [1.29, 1.82) is 0 Å². The minimum absolute atomic E-state index is 0.107. The summed E-state index contributed by atoms with van der Waals surface area (Å²) in [5.74, 6) is -0.107. The Morgan fingerprint density at radius 3 is 2.54 bits per heavy atom. The van der Waals surface area contributed by atoms with E-state index in [1.165, 1.54) is 16.4 Å². The molecule has 0 radical (unpaired) electrons. The topological polar surface area (TPSA) is 42.2 Å². The lowest BCUT2D eigenvalue weighted by atomic mass is 9.79. The number of unbranched alkanes of at least 4 members (excludes halogenated alkanes) is 1. The molecular formula is C23H27NO2. The molecule has 3 aromatic rings. The summed E-state index contributed by atoms with van der Waals surface area (Å²) in [7, 11) is 0. The van der Waals surface area contributed by atoms with Crippen LogP contribution in [-0.4, -0.2) is 21.1 Å². The van der Waals surface area contributed by atoms with Crippen molar-refractivity contribution in [2.24, 2.45) is 0 Å². The van der Waals surface area contributed by atoms with Crippen LogP contribution in [0, 0.1) is 0 Å².